The molecular weight excluding hydrogens is 250 g/mol. The van der Waals surface area contributed by atoms with Crippen molar-refractivity contribution in [1.29, 1.82) is 0 Å². The minimum absolute atomic E-state index is 0.0719. The zero-order chi connectivity index (χ0) is 12.4. The maximum Gasteiger partial charge on any atom is 0.246 e. The third kappa shape index (κ3) is 2.26. The number of amides is 1. The van der Waals surface area contributed by atoms with Crippen molar-refractivity contribution in [3.63, 3.8) is 0 Å². The maximum atomic E-state index is 11.9. The summed E-state index contributed by atoms with van der Waals surface area (Å²) in [6, 6.07) is 3.88. The van der Waals surface area contributed by atoms with E-state index in [1.54, 1.807) is 11.3 Å². The molecular formula is C11H13N5OS. The van der Waals surface area contributed by atoms with Crippen LogP contribution in [0.4, 0.5) is 0 Å². The predicted octanol–water partition coefficient (Wildman–Crippen LogP) is 1.02. The van der Waals surface area contributed by atoms with E-state index in [-0.39, 0.29) is 12.5 Å². The van der Waals surface area contributed by atoms with Crippen LogP contribution in [0, 0.1) is 0 Å². The number of aromatic nitrogens is 4. The summed E-state index contributed by atoms with van der Waals surface area (Å²) in [5.41, 5.74) is 0. The van der Waals surface area contributed by atoms with Gasteiger partial charge < -0.3 is 4.90 Å². The van der Waals surface area contributed by atoms with Crippen molar-refractivity contribution in [3.8, 4) is 10.7 Å². The first kappa shape index (κ1) is 11.3. The van der Waals surface area contributed by atoms with E-state index in [1.165, 1.54) is 4.80 Å². The summed E-state index contributed by atoms with van der Waals surface area (Å²) in [6.45, 7) is 1.88. The average Bonchev–Trinajstić information content (AvgIpc) is 3.12. The van der Waals surface area contributed by atoms with Crippen molar-refractivity contribution in [1.82, 2.24) is 25.1 Å². The molecule has 6 nitrogen and oxygen atoms in total. The number of nitrogens with zero attached hydrogens (tertiary/aromatic N) is 5. The zero-order valence-electron chi connectivity index (χ0n) is 9.82. The molecule has 18 heavy (non-hydrogen) atoms. The largest absolute Gasteiger partial charge is 0.341 e. The van der Waals surface area contributed by atoms with Crippen molar-refractivity contribution in [2.24, 2.45) is 0 Å². The third-order valence-electron chi connectivity index (χ3n) is 2.93. The van der Waals surface area contributed by atoms with Gasteiger partial charge in [-0.1, -0.05) is 6.07 Å². The van der Waals surface area contributed by atoms with E-state index in [4.69, 9.17) is 0 Å². The lowest BCUT2D eigenvalue weighted by molar-refractivity contribution is -0.131. The lowest BCUT2D eigenvalue weighted by Gasteiger charge is -2.13. The molecule has 2 aromatic heterocycles. The fourth-order valence-corrected chi connectivity index (χ4v) is 2.65. The SMILES string of the molecule is O=C(Cn1nnc(-c2cccs2)n1)N1CCCC1. The number of hydrogen-bond acceptors (Lipinski definition) is 5. The molecule has 3 rings (SSSR count). The fraction of sp³-hybridized carbons (Fsp3) is 0.455. The molecule has 1 amide bonds. The molecule has 2 aromatic rings. The molecule has 1 aliphatic rings. The first-order valence-corrected chi connectivity index (χ1v) is 6.80. The topological polar surface area (TPSA) is 63.9 Å². The Morgan fingerprint density at radius 1 is 1.39 bits per heavy atom. The number of likely N-dealkylation sites (tertiary alicyclic amines) is 1. The fourth-order valence-electron chi connectivity index (χ4n) is 2.00. The van der Waals surface area contributed by atoms with Gasteiger partial charge in [-0.05, 0) is 29.5 Å². The minimum Gasteiger partial charge on any atom is -0.341 e. The lowest BCUT2D eigenvalue weighted by Crippen LogP contribution is -2.31. The number of carbonyl (C=O) groups is 1. The smallest absolute Gasteiger partial charge is 0.246 e. The summed E-state index contributed by atoms with van der Waals surface area (Å²) in [5, 5.41) is 14.1. The zero-order valence-corrected chi connectivity index (χ0v) is 10.6. The quantitative estimate of drug-likeness (QED) is 0.829. The van der Waals surface area contributed by atoms with E-state index >= 15 is 0 Å². The second-order valence-corrected chi connectivity index (χ2v) is 5.16. The second-order valence-electron chi connectivity index (χ2n) is 4.21. The summed E-state index contributed by atoms with van der Waals surface area (Å²) in [6.07, 6.45) is 2.19. The number of rotatable bonds is 3. The van der Waals surface area contributed by atoms with E-state index < -0.39 is 0 Å². The molecule has 0 N–H and O–H groups in total. The number of tetrazole rings is 1. The Bertz CT molecular complexity index is 529. The van der Waals surface area contributed by atoms with Crippen molar-refractivity contribution in [3.05, 3.63) is 17.5 Å². The Labute approximate surface area is 108 Å². The summed E-state index contributed by atoms with van der Waals surface area (Å²) >= 11 is 1.56. The summed E-state index contributed by atoms with van der Waals surface area (Å²) in [7, 11) is 0. The van der Waals surface area contributed by atoms with Gasteiger partial charge in [-0.15, -0.1) is 21.5 Å². The molecule has 94 valence electrons. The number of carbonyl (C=O) groups excluding carboxylic acids is 1. The van der Waals surface area contributed by atoms with Crippen molar-refractivity contribution in [2.45, 2.75) is 19.4 Å². The molecule has 3 heterocycles. The molecule has 1 aliphatic heterocycles. The summed E-state index contributed by atoms with van der Waals surface area (Å²) < 4.78 is 0. The van der Waals surface area contributed by atoms with Crippen molar-refractivity contribution in [2.75, 3.05) is 13.1 Å². The van der Waals surface area contributed by atoms with E-state index in [0.717, 1.165) is 30.8 Å². The number of thiophene rings is 1. The van der Waals surface area contributed by atoms with Crippen LogP contribution in [0.5, 0.6) is 0 Å². The van der Waals surface area contributed by atoms with Gasteiger partial charge >= 0.3 is 0 Å². The van der Waals surface area contributed by atoms with Crippen LogP contribution in [0.25, 0.3) is 10.7 Å². The van der Waals surface area contributed by atoms with Gasteiger partial charge in [0.05, 0.1) is 4.88 Å². The van der Waals surface area contributed by atoms with Crippen molar-refractivity contribution < 1.29 is 4.79 Å². The maximum absolute atomic E-state index is 11.9. The Hall–Kier alpha value is -1.76. The van der Waals surface area contributed by atoms with Gasteiger partial charge in [0.2, 0.25) is 11.7 Å². The lowest BCUT2D eigenvalue weighted by atomic mass is 10.4. The van der Waals surface area contributed by atoms with Crippen LogP contribution in [-0.2, 0) is 11.3 Å². The van der Waals surface area contributed by atoms with Crippen molar-refractivity contribution >= 4 is 17.2 Å². The summed E-state index contributed by atoms with van der Waals surface area (Å²) in [5.74, 6) is 0.654. The first-order valence-electron chi connectivity index (χ1n) is 5.92. The van der Waals surface area contributed by atoms with E-state index in [9.17, 15) is 4.79 Å². The van der Waals surface area contributed by atoms with Crippen LogP contribution in [-0.4, -0.2) is 44.1 Å². The predicted molar refractivity (Wildman–Crippen MR) is 66.9 cm³/mol. The molecule has 0 aliphatic carbocycles. The minimum atomic E-state index is 0.0719. The first-order chi connectivity index (χ1) is 8.83. The monoisotopic (exact) mass is 263 g/mol. The standard InChI is InChI=1S/C11H13N5OS/c17-10(15-5-1-2-6-15)8-16-13-11(12-14-16)9-4-3-7-18-9/h3-4,7H,1-2,5-6,8H2. The van der Waals surface area contributed by atoms with Gasteiger partial charge in [-0.25, -0.2) is 0 Å². The van der Waals surface area contributed by atoms with Gasteiger partial charge in [0, 0.05) is 13.1 Å². The molecule has 0 bridgehead atoms. The Morgan fingerprint density at radius 3 is 2.94 bits per heavy atom. The van der Waals surface area contributed by atoms with Crippen LogP contribution in [0.2, 0.25) is 0 Å². The normalized spacial score (nSPS) is 15.2. The molecule has 0 saturated carbocycles. The Balaban J connectivity index is 1.68. The van der Waals surface area contributed by atoms with Crippen LogP contribution in [0.1, 0.15) is 12.8 Å². The van der Waals surface area contributed by atoms with Crippen LogP contribution < -0.4 is 0 Å². The van der Waals surface area contributed by atoms with E-state index in [2.05, 4.69) is 15.4 Å². The molecule has 1 saturated heterocycles. The molecule has 7 heteroatoms. The van der Waals surface area contributed by atoms with Crippen LogP contribution in [0.3, 0.4) is 0 Å². The molecule has 0 radical (unpaired) electrons. The molecule has 0 atom stereocenters. The van der Waals surface area contributed by atoms with Gasteiger partial charge in [0.15, 0.2) is 0 Å². The van der Waals surface area contributed by atoms with E-state index in [0.29, 0.717) is 5.82 Å². The number of hydrogen-bond donors (Lipinski definition) is 0. The highest BCUT2D eigenvalue weighted by Gasteiger charge is 2.19. The van der Waals surface area contributed by atoms with E-state index in [1.807, 2.05) is 22.4 Å². The highest BCUT2D eigenvalue weighted by molar-refractivity contribution is 7.13. The van der Waals surface area contributed by atoms with Gasteiger partial charge in [-0.2, -0.15) is 4.80 Å². The molecule has 0 spiro atoms. The molecule has 0 unspecified atom stereocenters. The highest BCUT2D eigenvalue weighted by Crippen LogP contribution is 2.19. The molecule has 0 aromatic carbocycles. The Kier molecular flexibility index (Phi) is 3.06. The van der Waals surface area contributed by atoms with Gasteiger partial charge in [0.1, 0.15) is 6.54 Å². The summed E-state index contributed by atoms with van der Waals surface area (Å²) in [4.78, 5) is 16.1. The average molecular weight is 263 g/mol. The third-order valence-corrected chi connectivity index (χ3v) is 3.80. The van der Waals surface area contributed by atoms with Gasteiger partial charge in [0.25, 0.3) is 0 Å². The van der Waals surface area contributed by atoms with Crippen LogP contribution in [0.15, 0.2) is 17.5 Å². The molecule has 1 fully saturated rings. The Morgan fingerprint density at radius 2 is 2.22 bits per heavy atom. The highest BCUT2D eigenvalue weighted by atomic mass is 32.1. The second kappa shape index (κ2) is 4.85. The van der Waals surface area contributed by atoms with Crippen LogP contribution >= 0.6 is 11.3 Å². The van der Waals surface area contributed by atoms with Gasteiger partial charge in [-0.3, -0.25) is 4.79 Å².